The van der Waals surface area contributed by atoms with Gasteiger partial charge in [0, 0.05) is 46.1 Å². The maximum Gasteiger partial charge on any atom is 0.224 e. The number of nitrogens with zero attached hydrogens (tertiary/aromatic N) is 3. The molecule has 3 unspecified atom stereocenters. The van der Waals surface area contributed by atoms with E-state index < -0.39 is 0 Å². The molecule has 0 bridgehead atoms. The van der Waals surface area contributed by atoms with Crippen molar-refractivity contribution in [3.05, 3.63) is 12.3 Å². The number of rotatable bonds is 9. The van der Waals surface area contributed by atoms with Crippen molar-refractivity contribution < 1.29 is 9.47 Å². The van der Waals surface area contributed by atoms with Crippen LogP contribution in [-0.4, -0.2) is 80.2 Å². The predicted molar refractivity (Wildman–Crippen MR) is 97.8 cm³/mol. The fourth-order valence-corrected chi connectivity index (χ4v) is 3.26. The molecule has 2 aliphatic heterocycles. The zero-order valence-electron chi connectivity index (χ0n) is 15.2. The van der Waals surface area contributed by atoms with Crippen molar-refractivity contribution in [2.24, 2.45) is 0 Å². The van der Waals surface area contributed by atoms with Gasteiger partial charge >= 0.3 is 0 Å². The highest BCUT2D eigenvalue weighted by Gasteiger charge is 2.31. The van der Waals surface area contributed by atoms with E-state index in [2.05, 4.69) is 30.8 Å². The second-order valence-electron chi connectivity index (χ2n) is 6.61. The number of anilines is 2. The number of hydrogen-bond acceptors (Lipinski definition) is 8. The van der Waals surface area contributed by atoms with Crippen molar-refractivity contribution in [3.63, 3.8) is 0 Å². The summed E-state index contributed by atoms with van der Waals surface area (Å²) in [6, 6.07) is 2.05. The molecule has 3 rings (SSSR count). The molecule has 2 saturated heterocycles. The summed E-state index contributed by atoms with van der Waals surface area (Å²) in [5.41, 5.74) is 0. The second-order valence-corrected chi connectivity index (χ2v) is 6.61. The molecule has 2 aliphatic rings. The summed E-state index contributed by atoms with van der Waals surface area (Å²) in [6.07, 6.45) is 4.98. The van der Waals surface area contributed by atoms with Gasteiger partial charge in [0.05, 0.1) is 6.10 Å². The first-order valence-electron chi connectivity index (χ1n) is 9.16. The standard InChI is InChI=1S/C17H30N6O2/c1-18-15-5-6-19-17(22-15)21-13-11-14(16(24-2)20-12-13)25-10-4-9-23-7-3-8-23/h5-6,13-14,16,20H,3-4,7-12H2,1-2H3,(H2,18,19,21,22). The summed E-state index contributed by atoms with van der Waals surface area (Å²) in [4.78, 5) is 11.2. The highest BCUT2D eigenvalue weighted by molar-refractivity contribution is 5.39. The monoisotopic (exact) mass is 350 g/mol. The summed E-state index contributed by atoms with van der Waals surface area (Å²) in [7, 11) is 3.57. The second kappa shape index (κ2) is 9.28. The molecule has 0 aliphatic carbocycles. The zero-order chi connectivity index (χ0) is 17.5. The first-order chi connectivity index (χ1) is 12.3. The van der Waals surface area contributed by atoms with Gasteiger partial charge in [0.25, 0.3) is 0 Å². The number of ether oxygens (including phenoxy) is 2. The van der Waals surface area contributed by atoms with Gasteiger partial charge in [-0.1, -0.05) is 0 Å². The van der Waals surface area contributed by atoms with Gasteiger partial charge < -0.3 is 25.0 Å². The van der Waals surface area contributed by atoms with Crippen molar-refractivity contribution in [1.82, 2.24) is 20.2 Å². The van der Waals surface area contributed by atoms with Crippen LogP contribution in [0.25, 0.3) is 0 Å². The molecule has 0 radical (unpaired) electrons. The smallest absolute Gasteiger partial charge is 0.224 e. The van der Waals surface area contributed by atoms with E-state index in [0.29, 0.717) is 5.95 Å². The SMILES string of the molecule is CNc1ccnc(NC2CNC(OC)C(OCCCN3CCC3)C2)n1. The largest absolute Gasteiger partial charge is 0.374 e. The molecule has 3 heterocycles. The molecule has 0 amide bonds. The van der Waals surface area contributed by atoms with Gasteiger partial charge in [0.2, 0.25) is 5.95 Å². The molecule has 8 heteroatoms. The van der Waals surface area contributed by atoms with Crippen molar-refractivity contribution >= 4 is 11.8 Å². The lowest BCUT2D eigenvalue weighted by atomic mass is 10.0. The molecular weight excluding hydrogens is 320 g/mol. The molecule has 25 heavy (non-hydrogen) atoms. The van der Waals surface area contributed by atoms with E-state index in [1.165, 1.54) is 19.5 Å². The molecule has 3 atom stereocenters. The molecule has 0 saturated carbocycles. The summed E-state index contributed by atoms with van der Waals surface area (Å²) >= 11 is 0. The molecule has 140 valence electrons. The Hall–Kier alpha value is -1.48. The Labute approximate surface area is 149 Å². The minimum absolute atomic E-state index is 0.0279. The molecule has 0 spiro atoms. The van der Waals surface area contributed by atoms with Crippen LogP contribution < -0.4 is 16.0 Å². The number of aromatic nitrogens is 2. The van der Waals surface area contributed by atoms with Crippen LogP contribution in [0.2, 0.25) is 0 Å². The Morgan fingerprint density at radius 3 is 3.00 bits per heavy atom. The van der Waals surface area contributed by atoms with Crippen LogP contribution in [0.3, 0.4) is 0 Å². The van der Waals surface area contributed by atoms with Crippen LogP contribution in [0, 0.1) is 0 Å². The Bertz CT molecular complexity index is 528. The van der Waals surface area contributed by atoms with E-state index in [1.807, 2.05) is 13.1 Å². The molecule has 1 aromatic rings. The molecule has 2 fully saturated rings. The quantitative estimate of drug-likeness (QED) is 0.563. The fourth-order valence-electron chi connectivity index (χ4n) is 3.26. The Morgan fingerprint density at radius 1 is 1.40 bits per heavy atom. The first kappa shape index (κ1) is 18.3. The third kappa shape index (κ3) is 5.24. The molecule has 3 N–H and O–H groups in total. The topological polar surface area (TPSA) is 83.6 Å². The Balaban J connectivity index is 1.46. The highest BCUT2D eigenvalue weighted by Crippen LogP contribution is 2.17. The average Bonchev–Trinajstić information content (AvgIpc) is 2.60. The van der Waals surface area contributed by atoms with Gasteiger partial charge in [-0.15, -0.1) is 0 Å². The molecule has 0 aromatic carbocycles. The van der Waals surface area contributed by atoms with E-state index >= 15 is 0 Å². The summed E-state index contributed by atoms with van der Waals surface area (Å²) in [6.45, 7) is 5.16. The van der Waals surface area contributed by atoms with Crippen LogP contribution in [-0.2, 0) is 9.47 Å². The number of nitrogens with one attached hydrogen (secondary N) is 3. The van der Waals surface area contributed by atoms with Gasteiger partial charge in [-0.05, 0) is 38.4 Å². The van der Waals surface area contributed by atoms with Crippen LogP contribution in [0.15, 0.2) is 12.3 Å². The lowest BCUT2D eigenvalue weighted by Crippen LogP contribution is -2.54. The number of piperidine rings is 1. The predicted octanol–water partition coefficient (Wildman–Crippen LogP) is 0.746. The van der Waals surface area contributed by atoms with E-state index in [9.17, 15) is 0 Å². The van der Waals surface area contributed by atoms with Crippen LogP contribution in [0.1, 0.15) is 19.3 Å². The van der Waals surface area contributed by atoms with Crippen molar-refractivity contribution in [2.45, 2.75) is 37.6 Å². The maximum absolute atomic E-state index is 6.11. The minimum Gasteiger partial charge on any atom is -0.374 e. The third-order valence-electron chi connectivity index (χ3n) is 4.82. The van der Waals surface area contributed by atoms with E-state index in [0.717, 1.165) is 38.4 Å². The van der Waals surface area contributed by atoms with Gasteiger partial charge in [0.1, 0.15) is 12.0 Å². The lowest BCUT2D eigenvalue weighted by molar-refractivity contribution is -0.0906. The number of methoxy groups -OCH3 is 1. The van der Waals surface area contributed by atoms with Crippen molar-refractivity contribution in [3.8, 4) is 0 Å². The fraction of sp³-hybridized carbons (Fsp3) is 0.765. The average molecular weight is 350 g/mol. The Morgan fingerprint density at radius 2 is 2.28 bits per heavy atom. The van der Waals surface area contributed by atoms with E-state index in [-0.39, 0.29) is 18.4 Å². The molecular formula is C17H30N6O2. The van der Waals surface area contributed by atoms with Gasteiger partial charge in [-0.25, -0.2) is 4.98 Å². The van der Waals surface area contributed by atoms with Gasteiger partial charge in [0.15, 0.2) is 0 Å². The Kier molecular flexibility index (Phi) is 6.80. The number of likely N-dealkylation sites (tertiary alicyclic amines) is 1. The first-order valence-corrected chi connectivity index (χ1v) is 9.16. The summed E-state index contributed by atoms with van der Waals surface area (Å²) < 4.78 is 11.6. The normalized spacial score (nSPS) is 26.9. The van der Waals surface area contributed by atoms with E-state index in [4.69, 9.17) is 9.47 Å². The lowest BCUT2D eigenvalue weighted by Gasteiger charge is -2.36. The minimum atomic E-state index is -0.0633. The zero-order valence-corrected chi connectivity index (χ0v) is 15.2. The van der Waals surface area contributed by atoms with Gasteiger partial charge in [-0.3, -0.25) is 5.32 Å². The molecule has 8 nitrogen and oxygen atoms in total. The summed E-state index contributed by atoms with van der Waals surface area (Å²) in [5.74, 6) is 1.43. The maximum atomic E-state index is 6.11. The van der Waals surface area contributed by atoms with E-state index in [1.54, 1.807) is 13.3 Å². The van der Waals surface area contributed by atoms with Crippen LogP contribution in [0.4, 0.5) is 11.8 Å². The summed E-state index contributed by atoms with van der Waals surface area (Å²) in [5, 5.41) is 9.81. The third-order valence-corrected chi connectivity index (χ3v) is 4.82. The van der Waals surface area contributed by atoms with Crippen molar-refractivity contribution in [2.75, 3.05) is 57.6 Å². The highest BCUT2D eigenvalue weighted by atomic mass is 16.5. The van der Waals surface area contributed by atoms with Crippen LogP contribution >= 0.6 is 0 Å². The van der Waals surface area contributed by atoms with Crippen LogP contribution in [0.5, 0.6) is 0 Å². The van der Waals surface area contributed by atoms with Gasteiger partial charge in [-0.2, -0.15) is 4.98 Å². The molecule has 1 aromatic heterocycles. The van der Waals surface area contributed by atoms with Crippen molar-refractivity contribution in [1.29, 1.82) is 0 Å². The number of hydrogen-bond donors (Lipinski definition) is 3.